The molecular formula is C21H19ClN2O6S. The number of carbonyl (C=O) groups excluding carboxylic acids is 1. The van der Waals surface area contributed by atoms with Crippen LogP contribution in [0.3, 0.4) is 0 Å². The SMILES string of the molecule is COC(=O)c1ccc(NS(=O)(=O)c2ccccn2)c(OCC(O)c2ccc(Cl)cc2)c1. The standard InChI is InChI=1S/C21H19ClN2O6S/c1-29-21(26)15-7-10-17(24-31(27,28)20-4-2-3-11-23-20)19(12-15)30-13-18(25)14-5-8-16(22)9-6-14/h2-12,18,24-25H,13H2,1H3. The fourth-order valence-electron chi connectivity index (χ4n) is 2.62. The summed E-state index contributed by atoms with van der Waals surface area (Å²) in [6, 6.07) is 15.1. The third kappa shape index (κ3) is 5.72. The number of esters is 1. The van der Waals surface area contributed by atoms with Gasteiger partial charge in [0.15, 0.2) is 5.03 Å². The van der Waals surface area contributed by atoms with Crippen LogP contribution in [0.5, 0.6) is 5.75 Å². The van der Waals surface area contributed by atoms with Gasteiger partial charge in [-0.05, 0) is 48.0 Å². The number of aliphatic hydroxyl groups excluding tert-OH is 1. The van der Waals surface area contributed by atoms with Gasteiger partial charge in [-0.15, -0.1) is 0 Å². The predicted octanol–water partition coefficient (Wildman–Crippen LogP) is 3.43. The van der Waals surface area contributed by atoms with Gasteiger partial charge in [-0.2, -0.15) is 8.42 Å². The lowest BCUT2D eigenvalue weighted by Gasteiger charge is -2.17. The molecule has 1 heterocycles. The molecule has 1 aromatic heterocycles. The van der Waals surface area contributed by atoms with E-state index >= 15 is 0 Å². The molecule has 0 saturated carbocycles. The van der Waals surface area contributed by atoms with E-state index < -0.39 is 22.1 Å². The van der Waals surface area contributed by atoms with Crippen molar-refractivity contribution in [1.29, 1.82) is 0 Å². The fraction of sp³-hybridized carbons (Fsp3) is 0.143. The zero-order valence-corrected chi connectivity index (χ0v) is 17.9. The van der Waals surface area contributed by atoms with E-state index in [1.165, 1.54) is 37.6 Å². The van der Waals surface area contributed by atoms with Crippen LogP contribution in [-0.4, -0.2) is 38.2 Å². The molecule has 1 atom stereocenters. The lowest BCUT2D eigenvalue weighted by molar-refractivity contribution is 0.0600. The first kappa shape index (κ1) is 22.5. The minimum atomic E-state index is -4.00. The second-order valence-corrected chi connectivity index (χ2v) is 8.42. The monoisotopic (exact) mass is 462 g/mol. The molecule has 31 heavy (non-hydrogen) atoms. The number of nitrogens with zero attached hydrogens (tertiary/aromatic N) is 1. The van der Waals surface area contributed by atoms with Gasteiger partial charge in [0.25, 0.3) is 10.0 Å². The third-order valence-electron chi connectivity index (χ3n) is 4.21. The van der Waals surface area contributed by atoms with Gasteiger partial charge in [0.2, 0.25) is 0 Å². The highest BCUT2D eigenvalue weighted by molar-refractivity contribution is 7.92. The summed E-state index contributed by atoms with van der Waals surface area (Å²) in [6.45, 7) is -0.204. The molecule has 0 fully saturated rings. The number of anilines is 1. The van der Waals surface area contributed by atoms with E-state index in [0.717, 1.165) is 0 Å². The third-order valence-corrected chi connectivity index (χ3v) is 5.74. The van der Waals surface area contributed by atoms with Crippen molar-refractivity contribution in [1.82, 2.24) is 4.98 Å². The lowest BCUT2D eigenvalue weighted by Crippen LogP contribution is -2.17. The molecule has 0 aliphatic rings. The van der Waals surface area contributed by atoms with Crippen molar-refractivity contribution in [3.63, 3.8) is 0 Å². The van der Waals surface area contributed by atoms with Crippen LogP contribution in [0.4, 0.5) is 5.69 Å². The van der Waals surface area contributed by atoms with E-state index in [1.807, 2.05) is 0 Å². The first-order valence-corrected chi connectivity index (χ1v) is 10.9. The van der Waals surface area contributed by atoms with Crippen molar-refractivity contribution in [2.45, 2.75) is 11.1 Å². The number of ether oxygens (including phenoxy) is 2. The molecule has 0 aliphatic carbocycles. The Morgan fingerprint density at radius 3 is 2.55 bits per heavy atom. The largest absolute Gasteiger partial charge is 0.488 e. The Bertz CT molecular complexity index is 1150. The molecule has 162 valence electrons. The Morgan fingerprint density at radius 2 is 1.90 bits per heavy atom. The lowest BCUT2D eigenvalue weighted by atomic mass is 10.1. The second-order valence-electron chi connectivity index (χ2n) is 6.35. The van der Waals surface area contributed by atoms with E-state index in [-0.39, 0.29) is 28.6 Å². The van der Waals surface area contributed by atoms with Crippen molar-refractivity contribution in [3.05, 3.63) is 83.0 Å². The van der Waals surface area contributed by atoms with E-state index in [4.69, 9.17) is 21.1 Å². The molecule has 8 nitrogen and oxygen atoms in total. The maximum Gasteiger partial charge on any atom is 0.337 e. The van der Waals surface area contributed by atoms with Gasteiger partial charge < -0.3 is 14.6 Å². The topological polar surface area (TPSA) is 115 Å². The van der Waals surface area contributed by atoms with Crippen LogP contribution in [0.2, 0.25) is 5.02 Å². The van der Waals surface area contributed by atoms with Crippen LogP contribution < -0.4 is 9.46 Å². The molecule has 3 rings (SSSR count). The summed E-state index contributed by atoms with van der Waals surface area (Å²) < 4.78 is 38.0. The number of aliphatic hydroxyl groups is 1. The molecular weight excluding hydrogens is 444 g/mol. The van der Waals surface area contributed by atoms with Crippen molar-refractivity contribution in [3.8, 4) is 5.75 Å². The number of rotatable bonds is 8. The summed E-state index contributed by atoms with van der Waals surface area (Å²) >= 11 is 5.86. The van der Waals surface area contributed by atoms with Gasteiger partial charge in [-0.3, -0.25) is 4.72 Å². The normalized spacial score (nSPS) is 12.1. The minimum absolute atomic E-state index is 0.0374. The van der Waals surface area contributed by atoms with Crippen molar-refractivity contribution < 1.29 is 27.8 Å². The maximum absolute atomic E-state index is 12.6. The van der Waals surface area contributed by atoms with Crippen LogP contribution >= 0.6 is 11.6 Å². The van der Waals surface area contributed by atoms with E-state index in [0.29, 0.717) is 10.6 Å². The molecule has 10 heteroatoms. The summed E-state index contributed by atoms with van der Waals surface area (Å²) in [6.07, 6.45) is 0.341. The molecule has 2 aromatic carbocycles. The molecule has 1 unspecified atom stereocenters. The van der Waals surface area contributed by atoms with Crippen LogP contribution in [0.15, 0.2) is 71.9 Å². The van der Waals surface area contributed by atoms with Crippen LogP contribution in [0, 0.1) is 0 Å². The number of nitrogens with one attached hydrogen (secondary N) is 1. The van der Waals surface area contributed by atoms with Crippen molar-refractivity contribution in [2.75, 3.05) is 18.4 Å². The van der Waals surface area contributed by atoms with Gasteiger partial charge in [-0.1, -0.05) is 29.8 Å². The minimum Gasteiger partial charge on any atom is -0.488 e. The highest BCUT2D eigenvalue weighted by atomic mass is 35.5. The summed E-state index contributed by atoms with van der Waals surface area (Å²) in [7, 11) is -2.78. The average molecular weight is 463 g/mol. The average Bonchev–Trinajstić information content (AvgIpc) is 2.78. The Morgan fingerprint density at radius 1 is 1.16 bits per heavy atom. The molecule has 2 N–H and O–H groups in total. The van der Waals surface area contributed by atoms with Crippen LogP contribution in [-0.2, 0) is 14.8 Å². The van der Waals surface area contributed by atoms with Crippen LogP contribution in [0.25, 0.3) is 0 Å². The molecule has 0 radical (unpaired) electrons. The number of benzene rings is 2. The Balaban J connectivity index is 1.87. The Kier molecular flexibility index (Phi) is 7.11. The number of halogens is 1. The fourth-order valence-corrected chi connectivity index (χ4v) is 3.77. The number of carbonyl (C=O) groups is 1. The highest BCUT2D eigenvalue weighted by Crippen LogP contribution is 2.29. The second kappa shape index (κ2) is 9.78. The zero-order valence-electron chi connectivity index (χ0n) is 16.4. The predicted molar refractivity (Wildman–Crippen MR) is 115 cm³/mol. The summed E-state index contributed by atoms with van der Waals surface area (Å²) in [5, 5.41) is 10.7. The maximum atomic E-state index is 12.6. The first-order chi connectivity index (χ1) is 14.8. The Hall–Kier alpha value is -3.14. The number of aromatic nitrogens is 1. The quantitative estimate of drug-likeness (QED) is 0.493. The van der Waals surface area contributed by atoms with E-state index in [2.05, 4.69) is 9.71 Å². The van der Waals surface area contributed by atoms with Gasteiger partial charge in [0.05, 0.1) is 18.4 Å². The van der Waals surface area contributed by atoms with Gasteiger partial charge in [0.1, 0.15) is 18.5 Å². The Labute approximate surface area is 184 Å². The number of methoxy groups -OCH3 is 1. The first-order valence-electron chi connectivity index (χ1n) is 9.02. The molecule has 0 saturated heterocycles. The summed E-state index contributed by atoms with van der Waals surface area (Å²) in [5.74, 6) is -0.586. The van der Waals surface area contributed by atoms with Crippen molar-refractivity contribution in [2.24, 2.45) is 0 Å². The molecule has 0 aliphatic heterocycles. The summed E-state index contributed by atoms with van der Waals surface area (Å²) in [5.41, 5.74) is 0.782. The summed E-state index contributed by atoms with van der Waals surface area (Å²) in [4.78, 5) is 15.7. The van der Waals surface area contributed by atoms with Gasteiger partial charge in [-0.25, -0.2) is 9.78 Å². The number of pyridine rings is 1. The molecule has 3 aromatic rings. The number of hydrogen-bond donors (Lipinski definition) is 2. The molecule has 0 spiro atoms. The smallest absolute Gasteiger partial charge is 0.337 e. The van der Waals surface area contributed by atoms with E-state index in [9.17, 15) is 18.3 Å². The zero-order chi connectivity index (χ0) is 22.4. The van der Waals surface area contributed by atoms with Crippen LogP contribution in [0.1, 0.15) is 22.0 Å². The van der Waals surface area contributed by atoms with E-state index in [1.54, 1.807) is 36.4 Å². The molecule has 0 amide bonds. The number of hydrogen-bond acceptors (Lipinski definition) is 7. The number of sulfonamides is 1. The molecule has 0 bridgehead atoms. The van der Waals surface area contributed by atoms with Crippen molar-refractivity contribution >= 4 is 33.3 Å². The van der Waals surface area contributed by atoms with Gasteiger partial charge >= 0.3 is 5.97 Å². The highest BCUT2D eigenvalue weighted by Gasteiger charge is 2.20. The van der Waals surface area contributed by atoms with Gasteiger partial charge in [0, 0.05) is 11.2 Å².